The summed E-state index contributed by atoms with van der Waals surface area (Å²) < 4.78 is 53.9. The number of nitrogens with zero attached hydrogens (tertiary/aromatic N) is 2. The van der Waals surface area contributed by atoms with Crippen LogP contribution in [0.5, 0.6) is 5.75 Å². The average molecular weight is 487 g/mol. The number of carbonyl (C=O) groups is 1. The number of halogens is 1. The number of amides is 1. The van der Waals surface area contributed by atoms with Crippen LogP contribution < -0.4 is 4.74 Å². The molecular formula is C25H27FN2O5S. The van der Waals surface area contributed by atoms with E-state index >= 15 is 0 Å². The first-order chi connectivity index (χ1) is 16.0. The molecule has 7 nitrogen and oxygen atoms in total. The topological polar surface area (TPSA) is 77.8 Å². The van der Waals surface area contributed by atoms with Crippen LogP contribution in [-0.2, 0) is 27.7 Å². The number of carbonyl (C=O) groups excluding carboxylic acids is 1. The Morgan fingerprint density at radius 3 is 2.62 bits per heavy atom. The van der Waals surface area contributed by atoms with Crippen molar-refractivity contribution in [2.45, 2.75) is 44.2 Å². The Kier molecular flexibility index (Phi) is 6.16. The van der Waals surface area contributed by atoms with Gasteiger partial charge in [0.15, 0.2) is 0 Å². The quantitative estimate of drug-likeness (QED) is 0.516. The molecule has 1 aliphatic rings. The van der Waals surface area contributed by atoms with Gasteiger partial charge >= 0.3 is 6.09 Å². The van der Waals surface area contributed by atoms with E-state index < -0.39 is 27.5 Å². The van der Waals surface area contributed by atoms with Crippen LogP contribution in [0.1, 0.15) is 31.9 Å². The number of benzene rings is 2. The van der Waals surface area contributed by atoms with Crippen LogP contribution in [-0.4, -0.2) is 42.6 Å². The number of fused-ring (bicyclic) bond motifs is 1. The Morgan fingerprint density at radius 2 is 1.91 bits per heavy atom. The molecule has 34 heavy (non-hydrogen) atoms. The zero-order valence-electron chi connectivity index (χ0n) is 19.5. The summed E-state index contributed by atoms with van der Waals surface area (Å²) in [5.74, 6) is 0.118. The van der Waals surface area contributed by atoms with Gasteiger partial charge in [0.2, 0.25) is 0 Å². The highest BCUT2D eigenvalue weighted by Gasteiger charge is 2.26. The van der Waals surface area contributed by atoms with Crippen molar-refractivity contribution in [3.05, 3.63) is 71.7 Å². The van der Waals surface area contributed by atoms with Crippen LogP contribution in [0, 0.1) is 5.82 Å². The van der Waals surface area contributed by atoms with E-state index in [1.54, 1.807) is 52.1 Å². The zero-order valence-corrected chi connectivity index (χ0v) is 20.4. The van der Waals surface area contributed by atoms with E-state index in [1.165, 1.54) is 35.4 Å². The van der Waals surface area contributed by atoms with E-state index in [2.05, 4.69) is 0 Å². The summed E-state index contributed by atoms with van der Waals surface area (Å²) in [5, 5.41) is 0. The summed E-state index contributed by atoms with van der Waals surface area (Å²) in [5.41, 5.74) is 0.963. The monoisotopic (exact) mass is 486 g/mol. The minimum absolute atomic E-state index is 0.0803. The third-order valence-electron chi connectivity index (χ3n) is 5.34. The fraction of sp³-hybridized carbons (Fsp3) is 0.320. The lowest BCUT2D eigenvalue weighted by molar-refractivity contribution is 0.0285. The third kappa shape index (κ3) is 4.79. The molecule has 4 rings (SSSR count). The second-order valence-corrected chi connectivity index (χ2v) is 11.0. The Hall–Kier alpha value is -3.33. The predicted octanol–water partition coefficient (Wildman–Crippen LogP) is 4.83. The molecule has 180 valence electrons. The minimum Gasteiger partial charge on any atom is -0.493 e. The fourth-order valence-electron chi connectivity index (χ4n) is 3.76. The molecule has 1 amide bonds. The Morgan fingerprint density at radius 1 is 1.18 bits per heavy atom. The molecule has 0 spiro atoms. The number of hydrogen-bond acceptors (Lipinski definition) is 5. The molecule has 0 N–H and O–H groups in total. The lowest BCUT2D eigenvalue weighted by Crippen LogP contribution is -2.33. The second-order valence-electron chi connectivity index (χ2n) is 9.22. The van der Waals surface area contributed by atoms with Gasteiger partial charge in [-0.1, -0.05) is 12.1 Å². The van der Waals surface area contributed by atoms with Gasteiger partial charge in [0, 0.05) is 25.2 Å². The summed E-state index contributed by atoms with van der Waals surface area (Å²) in [6, 6.07) is 12.3. The molecule has 0 unspecified atom stereocenters. The van der Waals surface area contributed by atoms with Crippen molar-refractivity contribution in [3.8, 4) is 17.0 Å². The van der Waals surface area contributed by atoms with E-state index in [0.717, 1.165) is 9.54 Å². The predicted molar refractivity (Wildman–Crippen MR) is 126 cm³/mol. The van der Waals surface area contributed by atoms with E-state index in [1.807, 2.05) is 0 Å². The SMILES string of the molecule is CN(Cc1cc(-c2ccccc2F)n(S(=O)(=O)c2ccc3c(c2)CCO3)c1)C(=O)OC(C)(C)C. The summed E-state index contributed by atoms with van der Waals surface area (Å²) in [6.45, 7) is 5.88. The third-order valence-corrected chi connectivity index (χ3v) is 7.00. The summed E-state index contributed by atoms with van der Waals surface area (Å²) >= 11 is 0. The summed E-state index contributed by atoms with van der Waals surface area (Å²) in [6.07, 6.45) is 1.49. The minimum atomic E-state index is -4.06. The number of aromatic nitrogens is 1. The molecule has 9 heteroatoms. The number of hydrogen-bond donors (Lipinski definition) is 0. The first-order valence-corrected chi connectivity index (χ1v) is 12.3. The highest BCUT2D eigenvalue weighted by molar-refractivity contribution is 7.90. The average Bonchev–Trinajstić information content (AvgIpc) is 3.39. The van der Waals surface area contributed by atoms with Crippen molar-refractivity contribution < 1.29 is 27.1 Å². The number of rotatable bonds is 5. The fourth-order valence-corrected chi connectivity index (χ4v) is 5.21. The lowest BCUT2D eigenvalue weighted by atomic mass is 10.1. The Bertz CT molecular complexity index is 1340. The van der Waals surface area contributed by atoms with Gasteiger partial charge in [-0.15, -0.1) is 0 Å². The van der Waals surface area contributed by atoms with Crippen LogP contribution in [0.4, 0.5) is 9.18 Å². The maximum absolute atomic E-state index is 14.7. The van der Waals surface area contributed by atoms with Gasteiger partial charge in [-0.2, -0.15) is 0 Å². The van der Waals surface area contributed by atoms with Crippen molar-refractivity contribution in [3.63, 3.8) is 0 Å². The van der Waals surface area contributed by atoms with Crippen LogP contribution in [0.15, 0.2) is 59.6 Å². The molecule has 0 fully saturated rings. The van der Waals surface area contributed by atoms with Gasteiger partial charge < -0.3 is 14.4 Å². The van der Waals surface area contributed by atoms with Gasteiger partial charge in [0.1, 0.15) is 17.2 Å². The largest absolute Gasteiger partial charge is 0.493 e. The smallest absolute Gasteiger partial charge is 0.410 e. The first-order valence-electron chi connectivity index (χ1n) is 10.9. The zero-order chi connectivity index (χ0) is 24.7. The molecule has 0 atom stereocenters. The van der Waals surface area contributed by atoms with Gasteiger partial charge in [0.25, 0.3) is 10.0 Å². The molecule has 3 aromatic rings. The van der Waals surface area contributed by atoms with Crippen molar-refractivity contribution in [1.82, 2.24) is 8.87 Å². The highest BCUT2D eigenvalue weighted by Crippen LogP contribution is 2.32. The van der Waals surface area contributed by atoms with Gasteiger partial charge in [-0.3, -0.25) is 0 Å². The van der Waals surface area contributed by atoms with Crippen LogP contribution in [0.3, 0.4) is 0 Å². The molecule has 2 aromatic carbocycles. The molecule has 2 heterocycles. The molecular weight excluding hydrogens is 459 g/mol. The molecule has 0 saturated heterocycles. The molecule has 1 aliphatic heterocycles. The standard InChI is InChI=1S/C25H27FN2O5S/c1-25(2,3)33-24(29)27(4)15-17-13-22(20-7-5-6-8-21(20)26)28(16-17)34(30,31)19-9-10-23-18(14-19)11-12-32-23/h5-10,13-14,16H,11-12,15H2,1-4H3. The van der Waals surface area contributed by atoms with Gasteiger partial charge in [0.05, 0.1) is 23.7 Å². The first kappa shape index (κ1) is 23.8. The maximum Gasteiger partial charge on any atom is 0.410 e. The molecule has 0 saturated carbocycles. The molecule has 0 aliphatic carbocycles. The molecule has 1 aromatic heterocycles. The van der Waals surface area contributed by atoms with Crippen LogP contribution in [0.2, 0.25) is 0 Å². The Labute approximate surface area is 198 Å². The van der Waals surface area contributed by atoms with Gasteiger partial charge in [-0.25, -0.2) is 21.6 Å². The number of ether oxygens (including phenoxy) is 2. The molecule has 0 radical (unpaired) electrons. The van der Waals surface area contributed by atoms with Crippen molar-refractivity contribution in [2.75, 3.05) is 13.7 Å². The van der Waals surface area contributed by atoms with Crippen molar-refractivity contribution in [2.24, 2.45) is 0 Å². The highest BCUT2D eigenvalue weighted by atomic mass is 32.2. The Balaban J connectivity index is 1.76. The lowest BCUT2D eigenvalue weighted by Gasteiger charge is -2.24. The summed E-state index contributed by atoms with van der Waals surface area (Å²) in [7, 11) is -2.50. The van der Waals surface area contributed by atoms with Crippen LogP contribution in [0.25, 0.3) is 11.3 Å². The van der Waals surface area contributed by atoms with E-state index in [4.69, 9.17) is 9.47 Å². The maximum atomic E-state index is 14.7. The van der Waals surface area contributed by atoms with E-state index in [9.17, 15) is 17.6 Å². The normalized spacial score (nSPS) is 13.3. The van der Waals surface area contributed by atoms with Gasteiger partial charge in [-0.05, 0) is 68.3 Å². The molecule has 0 bridgehead atoms. The van der Waals surface area contributed by atoms with Crippen molar-refractivity contribution in [1.29, 1.82) is 0 Å². The van der Waals surface area contributed by atoms with E-state index in [0.29, 0.717) is 24.3 Å². The second kappa shape index (κ2) is 8.79. The van der Waals surface area contributed by atoms with Crippen LogP contribution >= 0.6 is 0 Å². The van der Waals surface area contributed by atoms with Crippen molar-refractivity contribution >= 4 is 16.1 Å². The van der Waals surface area contributed by atoms with E-state index in [-0.39, 0.29) is 22.7 Å². The summed E-state index contributed by atoms with van der Waals surface area (Å²) in [4.78, 5) is 13.8.